The zero-order valence-corrected chi connectivity index (χ0v) is 21.5. The lowest BCUT2D eigenvalue weighted by Gasteiger charge is -2.44. The fourth-order valence-corrected chi connectivity index (χ4v) is 6.03. The summed E-state index contributed by atoms with van der Waals surface area (Å²) in [4.78, 5) is 47.3. The molecule has 2 aromatic rings. The Morgan fingerprint density at radius 3 is 2.35 bits per heavy atom. The molecule has 1 fully saturated rings. The van der Waals surface area contributed by atoms with Gasteiger partial charge >= 0.3 is 0 Å². The maximum Gasteiger partial charge on any atom is 0.247 e. The zero-order chi connectivity index (χ0) is 24.6. The van der Waals surface area contributed by atoms with Crippen molar-refractivity contribution in [3.63, 3.8) is 0 Å². The normalized spacial score (nSPS) is 22.1. The number of hydrogen-bond acceptors (Lipinski definition) is 5. The Hall–Kier alpha value is -2.54. The minimum absolute atomic E-state index is 0.0222. The Morgan fingerprint density at radius 1 is 1.18 bits per heavy atom. The fourth-order valence-electron chi connectivity index (χ4n) is 5.27. The lowest BCUT2D eigenvalue weighted by Crippen LogP contribution is -2.66. The number of ketones is 1. The summed E-state index contributed by atoms with van der Waals surface area (Å²) in [5.41, 5.74) is 2.21. The van der Waals surface area contributed by atoms with Crippen LogP contribution in [0.4, 0.5) is 0 Å². The van der Waals surface area contributed by atoms with Crippen molar-refractivity contribution in [1.29, 1.82) is 0 Å². The van der Waals surface area contributed by atoms with Gasteiger partial charge in [0, 0.05) is 18.0 Å². The van der Waals surface area contributed by atoms with E-state index in [9.17, 15) is 14.4 Å². The molecule has 1 N–H and O–H groups in total. The number of amides is 2. The summed E-state index contributed by atoms with van der Waals surface area (Å²) in [5, 5.41) is 5.46. The number of nitrogens with one attached hydrogen (secondary N) is 1. The van der Waals surface area contributed by atoms with E-state index >= 15 is 0 Å². The van der Waals surface area contributed by atoms with Gasteiger partial charge in [-0.2, -0.15) is 0 Å². The van der Waals surface area contributed by atoms with Crippen LogP contribution < -0.4 is 5.32 Å². The van der Waals surface area contributed by atoms with Gasteiger partial charge in [0.1, 0.15) is 23.1 Å². The van der Waals surface area contributed by atoms with E-state index in [1.165, 1.54) is 22.5 Å². The predicted octanol–water partition coefficient (Wildman–Crippen LogP) is 4.35. The first kappa shape index (κ1) is 24.6. The molecule has 7 heteroatoms. The molecule has 0 unspecified atom stereocenters. The number of fused-ring (bicyclic) bond motifs is 1. The van der Waals surface area contributed by atoms with Crippen LogP contribution in [-0.2, 0) is 27.2 Å². The first-order valence-electron chi connectivity index (χ1n) is 12.2. The van der Waals surface area contributed by atoms with Crippen LogP contribution in [0.25, 0.3) is 0 Å². The molecule has 0 spiro atoms. The maximum atomic E-state index is 14.1. The molecule has 34 heavy (non-hydrogen) atoms. The maximum absolute atomic E-state index is 14.1. The molecule has 1 aromatic carbocycles. The number of carbonyl (C=O) groups excluding carboxylic acids is 3. The Kier molecular flexibility index (Phi) is 6.94. The van der Waals surface area contributed by atoms with Gasteiger partial charge in [-0.05, 0) is 47.6 Å². The number of Topliss-reactive ketones (excluding diaryl/α,β-unsaturated/α-hetero) is 1. The van der Waals surface area contributed by atoms with Crippen LogP contribution in [0, 0.1) is 17.3 Å². The first-order chi connectivity index (χ1) is 16.0. The van der Waals surface area contributed by atoms with Gasteiger partial charge in [-0.1, -0.05) is 58.9 Å². The highest BCUT2D eigenvalue weighted by atomic mass is 32.1. The van der Waals surface area contributed by atoms with Crippen molar-refractivity contribution in [3.8, 4) is 0 Å². The summed E-state index contributed by atoms with van der Waals surface area (Å²) < 4.78 is 0. The Labute approximate surface area is 206 Å². The van der Waals surface area contributed by atoms with Crippen LogP contribution in [0.2, 0.25) is 0 Å². The Morgan fingerprint density at radius 2 is 1.82 bits per heavy atom. The molecule has 0 saturated carbocycles. The van der Waals surface area contributed by atoms with Crippen molar-refractivity contribution in [2.75, 3.05) is 0 Å². The third-order valence-corrected chi connectivity index (χ3v) is 7.51. The molecule has 0 radical (unpaired) electrons. The zero-order valence-electron chi connectivity index (χ0n) is 20.7. The van der Waals surface area contributed by atoms with Gasteiger partial charge in [0.15, 0.2) is 5.78 Å². The molecule has 0 bridgehead atoms. The molecular formula is C27H35N3O3S. The van der Waals surface area contributed by atoms with E-state index in [1.54, 1.807) is 11.1 Å². The number of rotatable bonds is 7. The van der Waals surface area contributed by atoms with Crippen molar-refractivity contribution in [2.45, 2.75) is 78.4 Å². The minimum Gasteiger partial charge on any atom is -0.342 e. The number of benzene rings is 1. The molecule has 1 aliphatic heterocycles. The van der Waals surface area contributed by atoms with Crippen molar-refractivity contribution >= 4 is 28.9 Å². The van der Waals surface area contributed by atoms with E-state index < -0.39 is 18.1 Å². The van der Waals surface area contributed by atoms with Crippen LogP contribution >= 0.6 is 11.3 Å². The van der Waals surface area contributed by atoms with Gasteiger partial charge in [-0.3, -0.25) is 14.4 Å². The van der Waals surface area contributed by atoms with Crippen molar-refractivity contribution in [1.82, 2.24) is 15.2 Å². The summed E-state index contributed by atoms with van der Waals surface area (Å²) in [7, 11) is 0. The van der Waals surface area contributed by atoms with Crippen molar-refractivity contribution < 1.29 is 14.4 Å². The van der Waals surface area contributed by atoms with Crippen LogP contribution in [0.1, 0.15) is 69.6 Å². The lowest BCUT2D eigenvalue weighted by atomic mass is 9.85. The highest BCUT2D eigenvalue weighted by Crippen LogP contribution is 2.37. The van der Waals surface area contributed by atoms with Crippen LogP contribution in [-0.4, -0.2) is 39.6 Å². The Balaban J connectivity index is 1.72. The number of hydrogen-bond donors (Lipinski definition) is 1. The van der Waals surface area contributed by atoms with E-state index in [0.717, 1.165) is 12.8 Å². The first-order valence-corrected chi connectivity index (χ1v) is 13.0. The molecule has 6 nitrogen and oxygen atoms in total. The van der Waals surface area contributed by atoms with Gasteiger partial charge in [0.2, 0.25) is 11.8 Å². The molecule has 4 rings (SSSR count). The molecule has 1 saturated heterocycles. The molecule has 3 atom stereocenters. The monoisotopic (exact) mass is 481 g/mol. The molecular weight excluding hydrogens is 446 g/mol. The van der Waals surface area contributed by atoms with E-state index in [2.05, 4.69) is 22.4 Å². The highest BCUT2D eigenvalue weighted by molar-refractivity contribution is 7.09. The molecule has 2 aliphatic rings. The van der Waals surface area contributed by atoms with Crippen LogP contribution in [0.3, 0.4) is 0 Å². The van der Waals surface area contributed by atoms with E-state index in [-0.39, 0.29) is 34.8 Å². The van der Waals surface area contributed by atoms with E-state index in [4.69, 9.17) is 0 Å². The predicted molar refractivity (Wildman–Crippen MR) is 133 cm³/mol. The summed E-state index contributed by atoms with van der Waals surface area (Å²) in [6, 6.07) is 6.03. The number of aromatic nitrogens is 1. The number of nitrogens with zero attached hydrogens (tertiary/aromatic N) is 2. The van der Waals surface area contributed by atoms with Crippen molar-refractivity contribution in [3.05, 3.63) is 52.0 Å². The quantitative estimate of drug-likeness (QED) is 0.638. The molecule has 2 amide bonds. The van der Waals surface area contributed by atoms with Gasteiger partial charge in [-0.15, -0.1) is 11.3 Å². The third kappa shape index (κ3) is 5.09. The second-order valence-corrected chi connectivity index (χ2v) is 12.2. The second kappa shape index (κ2) is 9.61. The average molecular weight is 482 g/mol. The Bertz CT molecular complexity index is 1030. The second-order valence-electron chi connectivity index (χ2n) is 11.3. The van der Waals surface area contributed by atoms with Crippen LogP contribution in [0.15, 0.2) is 35.8 Å². The van der Waals surface area contributed by atoms with Gasteiger partial charge in [0.05, 0.1) is 0 Å². The summed E-state index contributed by atoms with van der Waals surface area (Å²) in [6.07, 6.45) is 3.95. The smallest absolute Gasteiger partial charge is 0.247 e. The third-order valence-electron chi connectivity index (χ3n) is 6.68. The average Bonchev–Trinajstić information content (AvgIpc) is 3.41. The van der Waals surface area contributed by atoms with Gasteiger partial charge in [0.25, 0.3) is 0 Å². The lowest BCUT2D eigenvalue weighted by molar-refractivity contribution is -0.157. The van der Waals surface area contributed by atoms with Gasteiger partial charge < -0.3 is 10.2 Å². The summed E-state index contributed by atoms with van der Waals surface area (Å²) in [6.45, 7) is 10.1. The largest absolute Gasteiger partial charge is 0.342 e. The SMILES string of the molecule is CC(C)C[C@@H]1C(=O)N[C@H](C2Cc3ccccc3C2)C(=O)N1[C@@H](C(=O)CC(C)(C)C)c1nccs1. The summed E-state index contributed by atoms with van der Waals surface area (Å²) in [5.74, 6) is -0.225. The summed E-state index contributed by atoms with van der Waals surface area (Å²) >= 11 is 1.37. The number of carbonyl (C=O) groups is 3. The molecule has 1 aliphatic carbocycles. The van der Waals surface area contributed by atoms with E-state index in [0.29, 0.717) is 17.8 Å². The van der Waals surface area contributed by atoms with Gasteiger partial charge in [-0.25, -0.2) is 4.98 Å². The van der Waals surface area contributed by atoms with Crippen LogP contribution in [0.5, 0.6) is 0 Å². The number of piperazine rings is 1. The number of thiazole rings is 1. The minimum atomic E-state index is -0.840. The molecule has 2 heterocycles. The van der Waals surface area contributed by atoms with E-state index in [1.807, 2.05) is 52.1 Å². The molecule has 1 aromatic heterocycles. The fraction of sp³-hybridized carbons (Fsp3) is 0.556. The topological polar surface area (TPSA) is 79.4 Å². The standard InChI is InChI=1S/C27H35N3O3S/c1-16(2)12-20-24(32)29-22(19-13-17-8-6-7-9-18(17)14-19)26(33)30(20)23(25-28-10-11-34-25)21(31)15-27(3,4)5/h6-11,16,19-20,22-23H,12-15H2,1-5H3,(H,29,32)/t20-,22-,23+/m1/s1. The van der Waals surface area contributed by atoms with Crippen molar-refractivity contribution in [2.24, 2.45) is 17.3 Å². The highest BCUT2D eigenvalue weighted by Gasteiger charge is 2.50. The molecule has 182 valence electrons.